The minimum absolute atomic E-state index is 0.0181. The van der Waals surface area contributed by atoms with E-state index in [-0.39, 0.29) is 34.8 Å². The van der Waals surface area contributed by atoms with Crippen molar-refractivity contribution in [2.45, 2.75) is 57.6 Å². The summed E-state index contributed by atoms with van der Waals surface area (Å²) in [5, 5.41) is 0.0888. The predicted molar refractivity (Wildman–Crippen MR) is 113 cm³/mol. The Morgan fingerprint density at radius 3 is 2.90 bits per heavy atom. The lowest BCUT2D eigenvalue weighted by Gasteiger charge is -2.24. The first-order valence-corrected chi connectivity index (χ1v) is 12.9. The quantitative estimate of drug-likeness (QED) is 0.520. The van der Waals surface area contributed by atoms with E-state index in [1.54, 1.807) is 13.0 Å². The van der Waals surface area contributed by atoms with E-state index in [1.807, 2.05) is 25.3 Å². The molecule has 0 aromatic carbocycles. The zero-order valence-electron chi connectivity index (χ0n) is 17.5. The number of nitrogens with zero attached hydrogens (tertiary/aromatic N) is 4. The summed E-state index contributed by atoms with van der Waals surface area (Å²) in [4.78, 5) is 12.8. The van der Waals surface area contributed by atoms with Crippen molar-refractivity contribution in [3.8, 4) is 0 Å². The third-order valence-corrected chi connectivity index (χ3v) is 8.76. The Bertz CT molecular complexity index is 1060. The van der Waals surface area contributed by atoms with Gasteiger partial charge >= 0.3 is 0 Å². The molecule has 2 aromatic rings. The number of nitrogen functional groups attached to an aromatic ring is 1. The molecule has 6 atom stereocenters. The van der Waals surface area contributed by atoms with Gasteiger partial charge in [0.2, 0.25) is 5.28 Å². The molecule has 30 heavy (non-hydrogen) atoms. The summed E-state index contributed by atoms with van der Waals surface area (Å²) in [5.74, 6) is -0.128. The van der Waals surface area contributed by atoms with Gasteiger partial charge in [-0.2, -0.15) is 9.97 Å². The first-order chi connectivity index (χ1) is 14.1. The smallest absolute Gasteiger partial charge is 0.226 e. The Balaban J connectivity index is 1.51. The molecule has 3 aliphatic rings. The van der Waals surface area contributed by atoms with Crippen molar-refractivity contribution in [1.82, 2.24) is 19.5 Å². The average Bonchev–Trinajstić information content (AvgIpc) is 2.90. The van der Waals surface area contributed by atoms with Crippen molar-refractivity contribution in [2.24, 2.45) is 11.3 Å². The molecule has 0 spiro atoms. The Hall–Kier alpha value is -1.25. The van der Waals surface area contributed by atoms with Gasteiger partial charge in [-0.3, -0.25) is 4.57 Å². The maximum atomic E-state index is 12.8. The zero-order chi connectivity index (χ0) is 21.5. The molecule has 1 saturated heterocycles. The van der Waals surface area contributed by atoms with E-state index in [0.717, 1.165) is 12.8 Å². The van der Waals surface area contributed by atoms with Gasteiger partial charge < -0.3 is 24.3 Å². The summed E-state index contributed by atoms with van der Waals surface area (Å²) < 4.78 is 33.0. The number of imidazole rings is 1. The molecule has 0 amide bonds. The third-order valence-electron chi connectivity index (χ3n) is 6.75. The highest BCUT2D eigenvalue weighted by atomic mass is 35.5. The summed E-state index contributed by atoms with van der Waals surface area (Å²) in [6.07, 6.45) is 3.77. The molecule has 2 saturated carbocycles. The van der Waals surface area contributed by atoms with Crippen molar-refractivity contribution in [1.29, 1.82) is 0 Å². The van der Waals surface area contributed by atoms with Crippen LogP contribution in [0.1, 0.15) is 39.7 Å². The van der Waals surface area contributed by atoms with Crippen LogP contribution in [-0.4, -0.2) is 56.9 Å². The minimum atomic E-state index is -2.63. The summed E-state index contributed by atoms with van der Waals surface area (Å²) >= 11 is 6.08. The van der Waals surface area contributed by atoms with Crippen LogP contribution in [0.5, 0.6) is 0 Å². The molecular weight excluding hydrogens is 429 g/mol. The van der Waals surface area contributed by atoms with Gasteiger partial charge in [-0.05, 0) is 51.1 Å². The lowest BCUT2D eigenvalue weighted by Crippen LogP contribution is -2.32. The fourth-order valence-electron chi connectivity index (χ4n) is 5.51. The lowest BCUT2D eigenvalue weighted by atomic mass is 9.96. The summed E-state index contributed by atoms with van der Waals surface area (Å²) in [6.45, 7) is 7.90. The van der Waals surface area contributed by atoms with E-state index in [9.17, 15) is 4.57 Å². The second-order valence-corrected chi connectivity index (χ2v) is 12.2. The highest BCUT2D eigenvalue weighted by Gasteiger charge is 2.75. The summed E-state index contributed by atoms with van der Waals surface area (Å²) in [6, 6.07) is -0.0181. The van der Waals surface area contributed by atoms with Gasteiger partial charge in [0, 0.05) is 18.2 Å². The van der Waals surface area contributed by atoms with Crippen LogP contribution < -0.4 is 5.73 Å². The van der Waals surface area contributed by atoms with E-state index in [1.165, 1.54) is 0 Å². The first-order valence-electron chi connectivity index (χ1n) is 10.3. The van der Waals surface area contributed by atoms with Gasteiger partial charge in [0.25, 0.3) is 0 Å². The zero-order valence-corrected chi connectivity index (χ0v) is 19.2. The molecular formula is C19H27ClN5O4P. The maximum absolute atomic E-state index is 12.8. The van der Waals surface area contributed by atoms with Gasteiger partial charge in [0.15, 0.2) is 24.6 Å². The molecule has 3 heterocycles. The Morgan fingerprint density at radius 2 is 2.17 bits per heavy atom. The fraction of sp³-hybridized carbons (Fsp3) is 0.737. The third kappa shape index (κ3) is 3.09. The number of halogens is 1. The molecule has 11 heteroatoms. The average molecular weight is 456 g/mol. The van der Waals surface area contributed by atoms with Crippen LogP contribution in [0.15, 0.2) is 6.33 Å². The molecule has 3 fully saturated rings. The number of nitrogens with two attached hydrogens (primary N) is 1. The molecule has 1 unspecified atom stereocenters. The van der Waals surface area contributed by atoms with Gasteiger partial charge in [-0.25, -0.2) is 4.98 Å². The van der Waals surface area contributed by atoms with Crippen LogP contribution in [-0.2, 0) is 18.6 Å². The molecule has 2 N–H and O–H groups in total. The van der Waals surface area contributed by atoms with Gasteiger partial charge in [0.05, 0.1) is 25.1 Å². The number of fused-ring (bicyclic) bond motifs is 4. The van der Waals surface area contributed by atoms with Crippen LogP contribution in [0.2, 0.25) is 5.28 Å². The summed E-state index contributed by atoms with van der Waals surface area (Å²) in [5.41, 5.74) is 7.04. The van der Waals surface area contributed by atoms with E-state index in [2.05, 4.69) is 15.0 Å². The standard InChI is InChI=1S/C19H27ClN5O4P/c1-5-27-30(4,26)7-6-19-8-10(19)12(13-14(19)29-18(2,3)28-13)25-9-22-11-15(21)23-17(20)24-16(11)25/h9-10,12-14H,5-8H2,1-4H3,(H2,21,23,24)/t10-,12-,13+,14+,19-,30?/m1/s1. The molecule has 2 aliphatic carbocycles. The number of rotatable bonds is 6. The number of hydrogen-bond donors (Lipinski definition) is 1. The van der Waals surface area contributed by atoms with Crippen molar-refractivity contribution < 1.29 is 18.6 Å². The maximum Gasteiger partial charge on any atom is 0.226 e. The fourth-order valence-corrected chi connectivity index (χ4v) is 7.18. The van der Waals surface area contributed by atoms with Gasteiger partial charge in [-0.1, -0.05) is 0 Å². The Kier molecular flexibility index (Phi) is 4.56. The molecule has 164 valence electrons. The predicted octanol–water partition coefficient (Wildman–Crippen LogP) is 3.48. The lowest BCUT2D eigenvalue weighted by molar-refractivity contribution is -0.161. The molecule has 5 rings (SSSR count). The minimum Gasteiger partial charge on any atom is -0.382 e. The second-order valence-electron chi connectivity index (χ2n) is 9.16. The van der Waals surface area contributed by atoms with Crippen molar-refractivity contribution in [2.75, 3.05) is 25.2 Å². The number of ether oxygens (including phenoxy) is 2. The van der Waals surface area contributed by atoms with E-state index >= 15 is 0 Å². The van der Waals surface area contributed by atoms with E-state index in [0.29, 0.717) is 29.9 Å². The normalized spacial score (nSPS) is 35.9. The highest BCUT2D eigenvalue weighted by molar-refractivity contribution is 7.58. The highest BCUT2D eigenvalue weighted by Crippen LogP contribution is 2.74. The molecule has 2 aromatic heterocycles. The first kappa shape index (κ1) is 20.6. The molecule has 0 radical (unpaired) electrons. The van der Waals surface area contributed by atoms with Crippen LogP contribution in [0, 0.1) is 11.3 Å². The SMILES string of the molecule is CCOP(C)(=O)CC[C@@]12C[C@@H]1[C@@H](n1cnc3c(N)nc(Cl)nc31)[C@@H]1OC(C)(C)O[C@@H]12. The van der Waals surface area contributed by atoms with Crippen LogP contribution in [0.25, 0.3) is 11.2 Å². The summed E-state index contributed by atoms with van der Waals surface area (Å²) in [7, 11) is -2.63. The van der Waals surface area contributed by atoms with Crippen LogP contribution >= 0.6 is 19.0 Å². The number of aromatic nitrogens is 4. The van der Waals surface area contributed by atoms with Crippen LogP contribution in [0.3, 0.4) is 0 Å². The van der Waals surface area contributed by atoms with E-state index in [4.69, 9.17) is 31.3 Å². The molecule has 9 nitrogen and oxygen atoms in total. The van der Waals surface area contributed by atoms with Gasteiger partial charge in [0.1, 0.15) is 11.6 Å². The van der Waals surface area contributed by atoms with Gasteiger partial charge in [-0.15, -0.1) is 0 Å². The van der Waals surface area contributed by atoms with Crippen molar-refractivity contribution >= 4 is 36.0 Å². The number of anilines is 1. The van der Waals surface area contributed by atoms with Crippen molar-refractivity contribution in [3.05, 3.63) is 11.6 Å². The molecule has 1 aliphatic heterocycles. The Labute approximate surface area is 180 Å². The van der Waals surface area contributed by atoms with Crippen molar-refractivity contribution in [3.63, 3.8) is 0 Å². The monoisotopic (exact) mass is 455 g/mol. The second kappa shape index (κ2) is 6.62. The Morgan fingerprint density at radius 1 is 1.40 bits per heavy atom. The number of hydrogen-bond acceptors (Lipinski definition) is 8. The van der Waals surface area contributed by atoms with E-state index < -0.39 is 13.2 Å². The molecule has 0 bridgehead atoms. The largest absolute Gasteiger partial charge is 0.382 e. The topological polar surface area (TPSA) is 114 Å². The van der Waals surface area contributed by atoms with Crippen LogP contribution in [0.4, 0.5) is 5.82 Å².